The standard InChI is InChI=1S/C18H20N2O/c1-14(16-6-4-3-5-7-16)20-17(13-19)12-15-8-10-18(21-2)11-9-15/h3-11,14,17,20H,12H2,1-2H3/t14-,17?/m0/s1. The highest BCUT2D eigenvalue weighted by molar-refractivity contribution is 5.28. The number of nitriles is 1. The highest BCUT2D eigenvalue weighted by Crippen LogP contribution is 2.15. The molecule has 2 rings (SSSR count). The van der Waals surface area contributed by atoms with E-state index < -0.39 is 0 Å². The van der Waals surface area contributed by atoms with Crippen molar-refractivity contribution in [3.05, 3.63) is 65.7 Å². The Morgan fingerprint density at radius 3 is 2.33 bits per heavy atom. The lowest BCUT2D eigenvalue weighted by molar-refractivity contribution is 0.414. The largest absolute Gasteiger partial charge is 0.497 e. The predicted octanol–water partition coefficient (Wildman–Crippen LogP) is 3.48. The Morgan fingerprint density at radius 1 is 1.10 bits per heavy atom. The SMILES string of the molecule is COc1ccc(CC(C#N)N[C@@H](C)c2ccccc2)cc1. The molecule has 3 nitrogen and oxygen atoms in total. The zero-order valence-corrected chi connectivity index (χ0v) is 12.4. The quantitative estimate of drug-likeness (QED) is 0.881. The van der Waals surface area contributed by atoms with E-state index in [1.165, 1.54) is 5.56 Å². The zero-order chi connectivity index (χ0) is 15.1. The number of nitrogens with one attached hydrogen (secondary N) is 1. The minimum absolute atomic E-state index is 0.147. The highest BCUT2D eigenvalue weighted by atomic mass is 16.5. The molecule has 21 heavy (non-hydrogen) atoms. The van der Waals surface area contributed by atoms with Crippen LogP contribution in [0.2, 0.25) is 0 Å². The molecule has 0 heterocycles. The second kappa shape index (κ2) is 7.47. The molecule has 0 saturated heterocycles. The molecule has 0 fully saturated rings. The van der Waals surface area contributed by atoms with Crippen LogP contribution < -0.4 is 10.1 Å². The van der Waals surface area contributed by atoms with Crippen LogP contribution in [0.5, 0.6) is 5.75 Å². The summed E-state index contributed by atoms with van der Waals surface area (Å²) in [7, 11) is 1.65. The Balaban J connectivity index is 1.98. The number of rotatable bonds is 6. The topological polar surface area (TPSA) is 45.0 Å². The predicted molar refractivity (Wildman–Crippen MR) is 84.1 cm³/mol. The summed E-state index contributed by atoms with van der Waals surface area (Å²) in [5.41, 5.74) is 2.31. The average molecular weight is 280 g/mol. The molecule has 1 N–H and O–H groups in total. The fourth-order valence-corrected chi connectivity index (χ4v) is 2.28. The summed E-state index contributed by atoms with van der Waals surface area (Å²) in [4.78, 5) is 0. The van der Waals surface area contributed by atoms with Crippen LogP contribution in [-0.2, 0) is 6.42 Å². The first-order valence-electron chi connectivity index (χ1n) is 7.06. The number of hydrogen-bond acceptors (Lipinski definition) is 3. The van der Waals surface area contributed by atoms with Gasteiger partial charge in [-0.3, -0.25) is 5.32 Å². The molecule has 2 aromatic carbocycles. The maximum Gasteiger partial charge on any atom is 0.118 e. The van der Waals surface area contributed by atoms with Gasteiger partial charge in [0.15, 0.2) is 0 Å². The maximum atomic E-state index is 9.35. The third kappa shape index (κ3) is 4.34. The molecule has 0 aromatic heterocycles. The molecule has 108 valence electrons. The van der Waals surface area contributed by atoms with Gasteiger partial charge in [-0.05, 0) is 30.2 Å². The van der Waals surface area contributed by atoms with E-state index in [2.05, 4.69) is 30.4 Å². The summed E-state index contributed by atoms with van der Waals surface area (Å²) in [5.74, 6) is 0.831. The van der Waals surface area contributed by atoms with E-state index in [1.807, 2.05) is 42.5 Å². The van der Waals surface area contributed by atoms with Crippen molar-refractivity contribution in [3.63, 3.8) is 0 Å². The molecule has 0 aliphatic heterocycles. The smallest absolute Gasteiger partial charge is 0.118 e. The minimum atomic E-state index is -0.214. The van der Waals surface area contributed by atoms with Crippen molar-refractivity contribution >= 4 is 0 Å². The van der Waals surface area contributed by atoms with E-state index >= 15 is 0 Å². The lowest BCUT2D eigenvalue weighted by atomic mass is 10.0. The molecule has 0 bridgehead atoms. The van der Waals surface area contributed by atoms with Gasteiger partial charge in [0.25, 0.3) is 0 Å². The van der Waals surface area contributed by atoms with Crippen LogP contribution >= 0.6 is 0 Å². The maximum absolute atomic E-state index is 9.35. The van der Waals surface area contributed by atoms with E-state index in [4.69, 9.17) is 4.74 Å². The summed E-state index contributed by atoms with van der Waals surface area (Å²) >= 11 is 0. The van der Waals surface area contributed by atoms with Crippen LogP contribution in [0.25, 0.3) is 0 Å². The van der Waals surface area contributed by atoms with E-state index in [0.29, 0.717) is 6.42 Å². The Hall–Kier alpha value is -2.31. The van der Waals surface area contributed by atoms with Crippen molar-refractivity contribution in [2.24, 2.45) is 0 Å². The first kappa shape index (κ1) is 15.1. The molecule has 1 unspecified atom stereocenters. The Labute approximate surface area is 126 Å². The van der Waals surface area contributed by atoms with Crippen LogP contribution in [0.3, 0.4) is 0 Å². The van der Waals surface area contributed by atoms with Gasteiger partial charge in [0.2, 0.25) is 0 Å². The van der Waals surface area contributed by atoms with Crippen LogP contribution in [0.1, 0.15) is 24.1 Å². The summed E-state index contributed by atoms with van der Waals surface area (Å²) < 4.78 is 5.14. The summed E-state index contributed by atoms with van der Waals surface area (Å²) in [5, 5.41) is 12.7. The molecule has 0 aliphatic rings. The molecular weight excluding hydrogens is 260 g/mol. The fourth-order valence-electron chi connectivity index (χ4n) is 2.28. The van der Waals surface area contributed by atoms with Crippen LogP contribution in [-0.4, -0.2) is 13.2 Å². The van der Waals surface area contributed by atoms with Crippen molar-refractivity contribution in [3.8, 4) is 11.8 Å². The number of nitrogens with zero attached hydrogens (tertiary/aromatic N) is 1. The van der Waals surface area contributed by atoms with E-state index in [1.54, 1.807) is 7.11 Å². The molecule has 0 aliphatic carbocycles. The minimum Gasteiger partial charge on any atom is -0.497 e. The number of ether oxygens (including phenoxy) is 1. The van der Waals surface area contributed by atoms with Crippen molar-refractivity contribution in [1.29, 1.82) is 5.26 Å². The summed E-state index contributed by atoms with van der Waals surface area (Å²) in [6, 6.07) is 20.3. The van der Waals surface area contributed by atoms with Crippen LogP contribution in [0.4, 0.5) is 0 Å². The van der Waals surface area contributed by atoms with Gasteiger partial charge in [-0.15, -0.1) is 0 Å². The van der Waals surface area contributed by atoms with Gasteiger partial charge in [0, 0.05) is 12.5 Å². The Morgan fingerprint density at radius 2 is 1.76 bits per heavy atom. The molecule has 2 aromatic rings. The lowest BCUT2D eigenvalue weighted by Crippen LogP contribution is -2.32. The Bertz CT molecular complexity index is 587. The second-order valence-corrected chi connectivity index (χ2v) is 5.03. The number of hydrogen-bond donors (Lipinski definition) is 1. The normalized spacial score (nSPS) is 13.2. The van der Waals surface area contributed by atoms with Crippen molar-refractivity contribution in [1.82, 2.24) is 5.32 Å². The molecule has 0 spiro atoms. The lowest BCUT2D eigenvalue weighted by Gasteiger charge is -2.18. The van der Waals surface area contributed by atoms with Gasteiger partial charge in [-0.25, -0.2) is 0 Å². The molecule has 3 heteroatoms. The van der Waals surface area contributed by atoms with Crippen LogP contribution in [0, 0.1) is 11.3 Å². The summed E-state index contributed by atoms with van der Waals surface area (Å²) in [6.45, 7) is 2.08. The van der Waals surface area contributed by atoms with Gasteiger partial charge in [-0.2, -0.15) is 5.26 Å². The van der Waals surface area contributed by atoms with E-state index in [9.17, 15) is 5.26 Å². The monoisotopic (exact) mass is 280 g/mol. The van der Waals surface area contributed by atoms with Gasteiger partial charge in [0.05, 0.1) is 19.2 Å². The molecular formula is C18H20N2O. The van der Waals surface area contributed by atoms with Crippen molar-refractivity contribution in [2.45, 2.75) is 25.4 Å². The zero-order valence-electron chi connectivity index (χ0n) is 12.4. The van der Waals surface area contributed by atoms with Gasteiger partial charge >= 0.3 is 0 Å². The van der Waals surface area contributed by atoms with Gasteiger partial charge in [-0.1, -0.05) is 42.5 Å². The van der Waals surface area contributed by atoms with Crippen molar-refractivity contribution in [2.75, 3.05) is 7.11 Å². The van der Waals surface area contributed by atoms with Gasteiger partial charge in [0.1, 0.15) is 5.75 Å². The average Bonchev–Trinajstić information content (AvgIpc) is 2.55. The third-order valence-corrected chi connectivity index (χ3v) is 3.51. The second-order valence-electron chi connectivity index (χ2n) is 5.03. The fraction of sp³-hybridized carbons (Fsp3) is 0.278. The van der Waals surface area contributed by atoms with E-state index in [-0.39, 0.29) is 12.1 Å². The van der Waals surface area contributed by atoms with Crippen LogP contribution in [0.15, 0.2) is 54.6 Å². The third-order valence-electron chi connectivity index (χ3n) is 3.51. The molecule has 2 atom stereocenters. The highest BCUT2D eigenvalue weighted by Gasteiger charge is 2.13. The van der Waals surface area contributed by atoms with Gasteiger partial charge < -0.3 is 4.74 Å². The molecule has 0 amide bonds. The number of methoxy groups -OCH3 is 1. The molecule has 0 saturated carbocycles. The van der Waals surface area contributed by atoms with E-state index in [0.717, 1.165) is 11.3 Å². The number of benzene rings is 2. The Kier molecular flexibility index (Phi) is 5.36. The molecule has 0 radical (unpaired) electrons. The first-order valence-corrected chi connectivity index (χ1v) is 7.06. The summed E-state index contributed by atoms with van der Waals surface area (Å²) in [6.07, 6.45) is 0.678. The van der Waals surface area contributed by atoms with Crippen molar-refractivity contribution < 1.29 is 4.74 Å². The first-order chi connectivity index (χ1) is 10.2.